The molecule has 21 heavy (non-hydrogen) atoms. The molecule has 0 saturated carbocycles. The molecule has 0 fully saturated rings. The Labute approximate surface area is 131 Å². The van der Waals surface area contributed by atoms with Crippen molar-refractivity contribution in [1.82, 2.24) is 15.1 Å². The Balaban J connectivity index is 1.79. The molecule has 3 rings (SSSR count). The number of hydrogen-bond acceptors (Lipinski definition) is 2. The second kappa shape index (κ2) is 5.47. The van der Waals surface area contributed by atoms with Gasteiger partial charge in [-0.3, -0.25) is 4.68 Å². The zero-order valence-corrected chi connectivity index (χ0v) is 13.6. The van der Waals surface area contributed by atoms with Crippen LogP contribution in [0.4, 0.5) is 0 Å². The molecule has 1 aliphatic carbocycles. The second-order valence-electron chi connectivity index (χ2n) is 6.74. The van der Waals surface area contributed by atoms with Gasteiger partial charge >= 0.3 is 0 Å². The van der Waals surface area contributed by atoms with Gasteiger partial charge in [0.15, 0.2) is 0 Å². The lowest BCUT2D eigenvalue weighted by Crippen LogP contribution is -2.39. The molecule has 0 bridgehead atoms. The molecule has 0 spiro atoms. The van der Waals surface area contributed by atoms with E-state index in [0.717, 1.165) is 18.0 Å². The average Bonchev–Trinajstić information content (AvgIpc) is 2.98. The molecule has 0 amide bonds. The van der Waals surface area contributed by atoms with Crippen LogP contribution in [-0.2, 0) is 13.0 Å². The van der Waals surface area contributed by atoms with E-state index in [1.807, 2.05) is 29.2 Å². The van der Waals surface area contributed by atoms with E-state index in [0.29, 0.717) is 12.1 Å². The first-order valence-electron chi connectivity index (χ1n) is 7.47. The maximum Gasteiger partial charge on any atom is 0.0560 e. The number of benzene rings is 1. The van der Waals surface area contributed by atoms with Gasteiger partial charge in [0.1, 0.15) is 0 Å². The lowest BCUT2D eigenvalue weighted by atomic mass is 9.85. The van der Waals surface area contributed by atoms with E-state index in [-0.39, 0.29) is 5.41 Å². The lowest BCUT2D eigenvalue weighted by molar-refractivity contribution is 0.242. The van der Waals surface area contributed by atoms with Crippen molar-refractivity contribution in [3.63, 3.8) is 0 Å². The molecule has 1 N–H and O–H groups in total. The number of halogens is 1. The van der Waals surface area contributed by atoms with Crippen LogP contribution in [0.1, 0.15) is 37.9 Å². The van der Waals surface area contributed by atoms with Crippen LogP contribution in [0.5, 0.6) is 0 Å². The summed E-state index contributed by atoms with van der Waals surface area (Å²) < 4.78 is 1.97. The highest BCUT2D eigenvalue weighted by Crippen LogP contribution is 2.46. The minimum Gasteiger partial charge on any atom is -0.305 e. The Bertz CT molecular complexity index is 619. The van der Waals surface area contributed by atoms with Crippen LogP contribution in [0, 0.1) is 5.41 Å². The Morgan fingerprint density at radius 1 is 1.48 bits per heavy atom. The maximum absolute atomic E-state index is 6.19. The van der Waals surface area contributed by atoms with Crippen LogP contribution in [0.15, 0.2) is 36.7 Å². The Hall–Kier alpha value is -1.32. The van der Waals surface area contributed by atoms with Crippen molar-refractivity contribution in [1.29, 1.82) is 0 Å². The summed E-state index contributed by atoms with van der Waals surface area (Å²) in [4.78, 5) is 0. The first kappa shape index (κ1) is 14.6. The minimum atomic E-state index is 0.200. The van der Waals surface area contributed by atoms with E-state index in [1.165, 1.54) is 11.1 Å². The standard InChI is InChI=1S/C17H22ClN3/c1-12(11-21-8-4-7-19-21)20-16-15-9-14(18)6-5-13(15)10-17(16,2)3/h4-9,12,16,20H,10-11H2,1-3H3. The summed E-state index contributed by atoms with van der Waals surface area (Å²) in [6, 6.07) is 8.91. The predicted octanol–water partition coefficient (Wildman–Crippen LogP) is 3.84. The summed E-state index contributed by atoms with van der Waals surface area (Å²) in [5, 5.41) is 8.87. The molecule has 1 aliphatic rings. The smallest absolute Gasteiger partial charge is 0.0560 e. The van der Waals surface area contributed by atoms with E-state index in [1.54, 1.807) is 0 Å². The molecule has 1 heterocycles. The first-order valence-corrected chi connectivity index (χ1v) is 7.85. The molecule has 1 aromatic heterocycles. The topological polar surface area (TPSA) is 29.9 Å². The Kier molecular flexibility index (Phi) is 3.80. The van der Waals surface area contributed by atoms with Crippen molar-refractivity contribution < 1.29 is 0 Å². The van der Waals surface area contributed by atoms with Crippen molar-refractivity contribution in [2.24, 2.45) is 5.41 Å². The normalized spacial score (nSPS) is 21.2. The van der Waals surface area contributed by atoms with Crippen molar-refractivity contribution >= 4 is 11.6 Å². The molecule has 4 heteroatoms. The number of nitrogens with zero attached hydrogens (tertiary/aromatic N) is 2. The van der Waals surface area contributed by atoms with E-state index in [4.69, 9.17) is 11.6 Å². The third kappa shape index (κ3) is 2.99. The highest BCUT2D eigenvalue weighted by molar-refractivity contribution is 6.30. The van der Waals surface area contributed by atoms with Gasteiger partial charge in [0, 0.05) is 29.5 Å². The van der Waals surface area contributed by atoms with Crippen LogP contribution in [0.25, 0.3) is 0 Å². The van der Waals surface area contributed by atoms with Gasteiger partial charge in [-0.05, 0) is 48.1 Å². The van der Waals surface area contributed by atoms with E-state index < -0.39 is 0 Å². The van der Waals surface area contributed by atoms with E-state index in [9.17, 15) is 0 Å². The van der Waals surface area contributed by atoms with Gasteiger partial charge in [-0.25, -0.2) is 0 Å². The van der Waals surface area contributed by atoms with Gasteiger partial charge in [-0.15, -0.1) is 0 Å². The molecule has 0 saturated heterocycles. The fourth-order valence-electron chi connectivity index (χ4n) is 3.35. The third-order valence-electron chi connectivity index (χ3n) is 4.32. The average molecular weight is 304 g/mol. The SMILES string of the molecule is CC(Cn1cccn1)NC1c2cc(Cl)ccc2CC1(C)C. The largest absolute Gasteiger partial charge is 0.305 e. The zero-order chi connectivity index (χ0) is 15.0. The molecule has 0 radical (unpaired) electrons. The maximum atomic E-state index is 6.19. The van der Waals surface area contributed by atoms with Gasteiger partial charge in [-0.2, -0.15) is 5.10 Å². The summed E-state index contributed by atoms with van der Waals surface area (Å²) in [6.07, 6.45) is 4.91. The van der Waals surface area contributed by atoms with Crippen molar-refractivity contribution in [3.05, 3.63) is 52.8 Å². The number of hydrogen-bond donors (Lipinski definition) is 1. The monoisotopic (exact) mass is 303 g/mol. The number of nitrogens with one attached hydrogen (secondary N) is 1. The summed E-state index contributed by atoms with van der Waals surface area (Å²) >= 11 is 6.19. The zero-order valence-electron chi connectivity index (χ0n) is 12.8. The van der Waals surface area contributed by atoms with Crippen LogP contribution in [-0.4, -0.2) is 15.8 Å². The van der Waals surface area contributed by atoms with E-state index in [2.05, 4.69) is 43.3 Å². The van der Waals surface area contributed by atoms with Gasteiger partial charge in [0.05, 0.1) is 6.54 Å². The quantitative estimate of drug-likeness (QED) is 0.930. The summed E-state index contributed by atoms with van der Waals surface area (Å²) in [5.41, 5.74) is 2.96. The molecule has 3 nitrogen and oxygen atoms in total. The highest BCUT2D eigenvalue weighted by Gasteiger charge is 2.39. The van der Waals surface area contributed by atoms with Crippen molar-refractivity contribution in [2.45, 2.75) is 45.8 Å². The van der Waals surface area contributed by atoms with Gasteiger partial charge in [0.2, 0.25) is 0 Å². The Morgan fingerprint density at radius 2 is 2.29 bits per heavy atom. The minimum absolute atomic E-state index is 0.200. The molecule has 1 aromatic carbocycles. The fourth-order valence-corrected chi connectivity index (χ4v) is 3.53. The molecule has 112 valence electrons. The number of fused-ring (bicyclic) bond motifs is 1. The van der Waals surface area contributed by atoms with Crippen LogP contribution in [0.3, 0.4) is 0 Å². The highest BCUT2D eigenvalue weighted by atomic mass is 35.5. The van der Waals surface area contributed by atoms with Crippen molar-refractivity contribution in [2.75, 3.05) is 0 Å². The van der Waals surface area contributed by atoms with Crippen LogP contribution in [0.2, 0.25) is 5.02 Å². The molecule has 2 unspecified atom stereocenters. The molecule has 0 aliphatic heterocycles. The fraction of sp³-hybridized carbons (Fsp3) is 0.471. The third-order valence-corrected chi connectivity index (χ3v) is 4.55. The number of rotatable bonds is 4. The lowest BCUT2D eigenvalue weighted by Gasteiger charge is -2.31. The molecular weight excluding hydrogens is 282 g/mol. The van der Waals surface area contributed by atoms with Gasteiger partial charge in [-0.1, -0.05) is 31.5 Å². The Morgan fingerprint density at radius 3 is 3.00 bits per heavy atom. The summed E-state index contributed by atoms with van der Waals surface area (Å²) in [7, 11) is 0. The predicted molar refractivity (Wildman–Crippen MR) is 86.5 cm³/mol. The first-order chi connectivity index (χ1) is 9.95. The van der Waals surface area contributed by atoms with Crippen LogP contribution < -0.4 is 5.32 Å². The molecule has 2 aromatic rings. The second-order valence-corrected chi connectivity index (χ2v) is 7.17. The van der Waals surface area contributed by atoms with Gasteiger partial charge in [0.25, 0.3) is 0 Å². The number of aromatic nitrogens is 2. The summed E-state index contributed by atoms with van der Waals surface area (Å²) in [6.45, 7) is 7.72. The molecular formula is C17H22ClN3. The molecule has 2 atom stereocenters. The van der Waals surface area contributed by atoms with Crippen molar-refractivity contribution in [3.8, 4) is 0 Å². The summed E-state index contributed by atoms with van der Waals surface area (Å²) in [5.74, 6) is 0. The van der Waals surface area contributed by atoms with Gasteiger partial charge < -0.3 is 5.32 Å². The van der Waals surface area contributed by atoms with E-state index >= 15 is 0 Å². The van der Waals surface area contributed by atoms with Crippen LogP contribution >= 0.6 is 11.6 Å².